The average Bonchev–Trinajstić information content (AvgIpc) is 3.28. The van der Waals surface area contributed by atoms with E-state index in [2.05, 4.69) is 10.6 Å². The van der Waals surface area contributed by atoms with E-state index in [0.29, 0.717) is 22.3 Å². The molecule has 0 spiro atoms. The van der Waals surface area contributed by atoms with Crippen LogP contribution in [0.2, 0.25) is 0 Å². The molecule has 1 aromatic carbocycles. The zero-order valence-corrected chi connectivity index (χ0v) is 23.5. The minimum absolute atomic E-state index is 0.0706. The zero-order chi connectivity index (χ0) is 27.9. The lowest BCUT2D eigenvalue weighted by Gasteiger charge is -2.20. The Hall–Kier alpha value is -3.38. The predicted octanol–water partition coefficient (Wildman–Crippen LogP) is 2.85. The summed E-state index contributed by atoms with van der Waals surface area (Å²) in [4.78, 5) is 52.6. The molecule has 0 unspecified atom stereocenters. The molecule has 204 valence electrons. The number of ether oxygens (including phenoxy) is 2. The van der Waals surface area contributed by atoms with Crippen molar-refractivity contribution < 1.29 is 23.9 Å². The van der Waals surface area contributed by atoms with Gasteiger partial charge in [0.2, 0.25) is 5.91 Å². The molecule has 1 aliphatic heterocycles. The smallest absolute Gasteiger partial charge is 0.407 e. The third-order valence-corrected chi connectivity index (χ3v) is 6.77. The second kappa shape index (κ2) is 12.9. The number of nitrogens with one attached hydrogen (secondary N) is 2. The molecule has 1 saturated heterocycles. The largest absolute Gasteiger partial charge is 0.482 e. The molecule has 3 amide bonds. The summed E-state index contributed by atoms with van der Waals surface area (Å²) in [6.07, 6.45) is -0.588. The fourth-order valence-corrected chi connectivity index (χ4v) is 4.78. The van der Waals surface area contributed by atoms with Gasteiger partial charge in [-0.1, -0.05) is 54.3 Å². The van der Waals surface area contributed by atoms with Gasteiger partial charge in [0, 0.05) is 31.1 Å². The Balaban J connectivity index is 1.75. The number of rotatable bonds is 9. The van der Waals surface area contributed by atoms with E-state index in [0.717, 1.165) is 5.56 Å². The summed E-state index contributed by atoms with van der Waals surface area (Å²) in [6.45, 7) is 7.43. The van der Waals surface area contributed by atoms with Gasteiger partial charge in [-0.15, -0.1) is 0 Å². The highest BCUT2D eigenvalue weighted by Gasteiger charge is 2.30. The molecule has 0 atom stereocenters. The number of thiocarbonyl (C=S) groups is 1. The van der Waals surface area contributed by atoms with Gasteiger partial charge in [-0.3, -0.25) is 19.3 Å². The number of amides is 3. The lowest BCUT2D eigenvalue weighted by Crippen LogP contribution is -2.40. The molecule has 12 heteroatoms. The Kier molecular flexibility index (Phi) is 9.92. The molecule has 10 nitrogen and oxygen atoms in total. The van der Waals surface area contributed by atoms with E-state index in [1.165, 1.54) is 21.2 Å². The fraction of sp³-hybridized carbons (Fsp3) is 0.423. The van der Waals surface area contributed by atoms with Crippen LogP contribution in [0.5, 0.6) is 5.75 Å². The maximum atomic E-state index is 13.5. The van der Waals surface area contributed by atoms with Crippen molar-refractivity contribution in [2.24, 2.45) is 0 Å². The number of thioether (sulfide) groups is 1. The fourth-order valence-electron chi connectivity index (χ4n) is 3.58. The van der Waals surface area contributed by atoms with E-state index in [9.17, 15) is 19.2 Å². The normalized spacial score (nSPS) is 13.3. The average molecular weight is 561 g/mol. The molecule has 0 bridgehead atoms. The number of alkyl carbamates (subject to hydrolysis) is 1. The summed E-state index contributed by atoms with van der Waals surface area (Å²) in [7, 11) is 0. The van der Waals surface area contributed by atoms with E-state index in [1.54, 1.807) is 33.8 Å². The molecule has 38 heavy (non-hydrogen) atoms. The maximum Gasteiger partial charge on any atom is 0.407 e. The van der Waals surface area contributed by atoms with Crippen LogP contribution >= 0.6 is 24.0 Å². The van der Waals surface area contributed by atoms with E-state index in [4.69, 9.17) is 21.7 Å². The minimum atomic E-state index is -0.627. The van der Waals surface area contributed by atoms with Crippen LogP contribution in [-0.2, 0) is 22.7 Å². The molecular weight excluding hydrogens is 528 g/mol. The number of carbonyl (C=O) groups excluding carboxylic acids is 3. The molecule has 1 aromatic heterocycles. The molecule has 3 rings (SSSR count). The van der Waals surface area contributed by atoms with E-state index >= 15 is 0 Å². The quantitative estimate of drug-likeness (QED) is 0.355. The van der Waals surface area contributed by atoms with Gasteiger partial charge in [-0.2, -0.15) is 0 Å². The summed E-state index contributed by atoms with van der Waals surface area (Å²) < 4.78 is 12.7. The number of carbonyl (C=O) groups is 3. The van der Waals surface area contributed by atoms with Gasteiger partial charge in [-0.05, 0) is 39.3 Å². The SMILES string of the molecule is Cc1cc(C(=O)N2CCSC2=S)c(OCc2ccccc2)c(=O)n1CC(=O)NCCNC(=O)OC(C)(C)C. The molecule has 0 saturated carbocycles. The maximum absolute atomic E-state index is 13.5. The Morgan fingerprint density at radius 2 is 1.79 bits per heavy atom. The topological polar surface area (TPSA) is 119 Å². The van der Waals surface area contributed by atoms with Crippen molar-refractivity contribution in [1.29, 1.82) is 0 Å². The Labute approximate surface area is 231 Å². The first-order valence-electron chi connectivity index (χ1n) is 12.1. The molecule has 1 aliphatic rings. The monoisotopic (exact) mass is 560 g/mol. The van der Waals surface area contributed by atoms with Crippen molar-refractivity contribution in [3.05, 3.63) is 63.6 Å². The molecule has 0 aliphatic carbocycles. The van der Waals surface area contributed by atoms with Crippen LogP contribution in [0, 0.1) is 6.92 Å². The van der Waals surface area contributed by atoms with Gasteiger partial charge < -0.3 is 24.7 Å². The number of aryl methyl sites for hydroxylation is 1. The molecular formula is C26H32N4O6S2. The Morgan fingerprint density at radius 3 is 2.42 bits per heavy atom. The number of hydrogen-bond donors (Lipinski definition) is 2. The number of hydrogen-bond acceptors (Lipinski definition) is 8. The number of nitrogens with zero attached hydrogens (tertiary/aromatic N) is 2. The summed E-state index contributed by atoms with van der Waals surface area (Å²) in [5.74, 6) is -0.299. The predicted molar refractivity (Wildman–Crippen MR) is 150 cm³/mol. The first kappa shape index (κ1) is 29.2. The molecule has 2 aromatic rings. The first-order valence-corrected chi connectivity index (χ1v) is 13.5. The molecule has 0 radical (unpaired) electrons. The van der Waals surface area contributed by atoms with Crippen molar-refractivity contribution in [2.75, 3.05) is 25.4 Å². The van der Waals surface area contributed by atoms with Crippen LogP contribution in [0.1, 0.15) is 42.4 Å². The molecule has 2 heterocycles. The standard InChI is InChI=1S/C26H32N4O6S2/c1-17-14-19(22(32)29-12-13-38-25(29)37)21(35-16-18-8-6-5-7-9-18)23(33)30(17)15-20(31)27-10-11-28-24(34)36-26(2,3)4/h5-9,14H,10-13,15-16H2,1-4H3,(H,27,31)(H,28,34). The summed E-state index contributed by atoms with van der Waals surface area (Å²) in [5.41, 5.74) is 0.124. The van der Waals surface area contributed by atoms with Crippen LogP contribution in [0.25, 0.3) is 0 Å². The van der Waals surface area contributed by atoms with Crippen molar-refractivity contribution >= 4 is 46.2 Å². The van der Waals surface area contributed by atoms with Gasteiger partial charge in [0.25, 0.3) is 11.5 Å². The summed E-state index contributed by atoms with van der Waals surface area (Å²) in [6, 6.07) is 10.8. The van der Waals surface area contributed by atoms with Crippen molar-refractivity contribution in [3.8, 4) is 5.75 Å². The van der Waals surface area contributed by atoms with Gasteiger partial charge in [0.05, 0.1) is 5.56 Å². The van der Waals surface area contributed by atoms with Crippen molar-refractivity contribution in [2.45, 2.75) is 46.4 Å². The highest BCUT2D eigenvalue weighted by Crippen LogP contribution is 2.25. The Bertz CT molecular complexity index is 1260. The lowest BCUT2D eigenvalue weighted by molar-refractivity contribution is -0.121. The van der Waals surface area contributed by atoms with Gasteiger partial charge in [0.1, 0.15) is 23.1 Å². The van der Waals surface area contributed by atoms with E-state index < -0.39 is 29.1 Å². The lowest BCUT2D eigenvalue weighted by atomic mass is 10.1. The van der Waals surface area contributed by atoms with E-state index in [-0.39, 0.29) is 37.6 Å². The molecule has 1 fully saturated rings. The minimum Gasteiger partial charge on any atom is -0.482 e. The van der Waals surface area contributed by atoms with Crippen molar-refractivity contribution in [1.82, 2.24) is 20.1 Å². The van der Waals surface area contributed by atoms with Crippen LogP contribution in [0.4, 0.5) is 4.79 Å². The van der Waals surface area contributed by atoms with Crippen LogP contribution < -0.4 is 20.9 Å². The summed E-state index contributed by atoms with van der Waals surface area (Å²) in [5, 5.41) is 5.22. The second-order valence-electron chi connectivity index (χ2n) is 9.54. The van der Waals surface area contributed by atoms with Gasteiger partial charge in [0.15, 0.2) is 5.75 Å². The number of pyridine rings is 1. The van der Waals surface area contributed by atoms with Gasteiger partial charge >= 0.3 is 6.09 Å². The van der Waals surface area contributed by atoms with Gasteiger partial charge in [-0.25, -0.2) is 4.79 Å². The zero-order valence-electron chi connectivity index (χ0n) is 21.9. The van der Waals surface area contributed by atoms with Crippen LogP contribution in [-0.4, -0.2) is 62.7 Å². The Morgan fingerprint density at radius 1 is 1.11 bits per heavy atom. The molecule has 2 N–H and O–H groups in total. The second-order valence-corrected chi connectivity index (χ2v) is 11.3. The van der Waals surface area contributed by atoms with Crippen LogP contribution in [0.3, 0.4) is 0 Å². The third-order valence-electron chi connectivity index (χ3n) is 5.34. The third kappa shape index (κ3) is 8.06. The highest BCUT2D eigenvalue weighted by molar-refractivity contribution is 8.23. The number of aromatic nitrogens is 1. The number of benzene rings is 1. The van der Waals surface area contributed by atoms with Crippen molar-refractivity contribution in [3.63, 3.8) is 0 Å². The van der Waals surface area contributed by atoms with Crippen LogP contribution in [0.15, 0.2) is 41.2 Å². The van der Waals surface area contributed by atoms with E-state index in [1.807, 2.05) is 30.3 Å². The first-order chi connectivity index (χ1) is 18.0. The summed E-state index contributed by atoms with van der Waals surface area (Å²) >= 11 is 6.70. The highest BCUT2D eigenvalue weighted by atomic mass is 32.2.